The molecule has 0 aliphatic carbocycles. The summed E-state index contributed by atoms with van der Waals surface area (Å²) in [5.74, 6) is 1.02. The summed E-state index contributed by atoms with van der Waals surface area (Å²) in [6, 6.07) is 3.55. The van der Waals surface area contributed by atoms with Crippen LogP contribution in [-0.2, 0) is 9.53 Å². The van der Waals surface area contributed by atoms with Crippen LogP contribution in [0.2, 0.25) is 5.02 Å². The number of benzene rings is 1. The molecule has 0 saturated carbocycles. The van der Waals surface area contributed by atoms with E-state index in [2.05, 4.69) is 0 Å². The van der Waals surface area contributed by atoms with E-state index in [1.165, 1.54) is 0 Å². The van der Waals surface area contributed by atoms with Crippen LogP contribution in [0.1, 0.15) is 26.3 Å². The van der Waals surface area contributed by atoms with Gasteiger partial charge in [-0.1, -0.05) is 11.6 Å². The van der Waals surface area contributed by atoms with Crippen LogP contribution in [0.15, 0.2) is 18.2 Å². The Labute approximate surface area is 148 Å². The zero-order valence-corrected chi connectivity index (χ0v) is 15.3. The molecule has 0 N–H and O–H groups in total. The lowest BCUT2D eigenvalue weighted by Crippen LogP contribution is -2.47. The lowest BCUT2D eigenvalue weighted by molar-refractivity contribution is -0.137. The predicted octanol–water partition coefficient (Wildman–Crippen LogP) is 3.40. The summed E-state index contributed by atoms with van der Waals surface area (Å²) in [6.45, 7) is 7.51. The van der Waals surface area contributed by atoms with Crippen LogP contribution in [0.3, 0.4) is 0 Å². The molecule has 24 heavy (non-hydrogen) atoms. The molecule has 0 radical (unpaired) electrons. The molecule has 0 bridgehead atoms. The topological polar surface area (TPSA) is 48.0 Å². The fraction of sp³-hybridized carbons (Fsp3) is 0.500. The standard InChI is InChI=1S/C18H24ClNO4/c1-5-23-18-15(19)8-14(9-16(18)22-4)6-7-17(21)20-10-12(2)24-13(3)11-20/h6-9,12-13H,5,10-11H2,1-4H3. The first kappa shape index (κ1) is 18.6. The summed E-state index contributed by atoms with van der Waals surface area (Å²) in [4.78, 5) is 14.2. The van der Waals surface area contributed by atoms with Gasteiger partial charge in [0.1, 0.15) is 0 Å². The van der Waals surface area contributed by atoms with E-state index in [0.29, 0.717) is 36.2 Å². The molecule has 132 valence electrons. The van der Waals surface area contributed by atoms with Gasteiger partial charge < -0.3 is 19.1 Å². The predicted molar refractivity (Wildman–Crippen MR) is 94.8 cm³/mol. The zero-order chi connectivity index (χ0) is 17.7. The maximum atomic E-state index is 12.4. The van der Waals surface area contributed by atoms with Crippen molar-refractivity contribution in [1.82, 2.24) is 4.90 Å². The van der Waals surface area contributed by atoms with E-state index in [1.807, 2.05) is 20.8 Å². The van der Waals surface area contributed by atoms with Crippen LogP contribution in [0.4, 0.5) is 0 Å². The molecule has 5 nitrogen and oxygen atoms in total. The van der Waals surface area contributed by atoms with Crippen molar-refractivity contribution in [3.8, 4) is 11.5 Å². The van der Waals surface area contributed by atoms with E-state index in [9.17, 15) is 4.79 Å². The van der Waals surface area contributed by atoms with Gasteiger partial charge in [-0.05, 0) is 44.5 Å². The molecule has 1 amide bonds. The highest BCUT2D eigenvalue weighted by Gasteiger charge is 2.24. The van der Waals surface area contributed by atoms with Gasteiger partial charge in [-0.25, -0.2) is 0 Å². The number of ether oxygens (including phenoxy) is 3. The zero-order valence-electron chi connectivity index (χ0n) is 14.5. The van der Waals surface area contributed by atoms with E-state index in [0.717, 1.165) is 5.56 Å². The second-order valence-corrected chi connectivity index (χ2v) is 6.21. The minimum atomic E-state index is -0.0408. The molecule has 1 aliphatic heterocycles. The molecule has 0 spiro atoms. The van der Waals surface area contributed by atoms with Gasteiger partial charge in [0.15, 0.2) is 11.5 Å². The van der Waals surface area contributed by atoms with Gasteiger partial charge in [0.2, 0.25) is 5.91 Å². The van der Waals surface area contributed by atoms with Gasteiger partial charge in [-0.2, -0.15) is 0 Å². The van der Waals surface area contributed by atoms with Gasteiger partial charge in [0, 0.05) is 19.2 Å². The van der Waals surface area contributed by atoms with Crippen molar-refractivity contribution >= 4 is 23.6 Å². The third-order valence-electron chi connectivity index (χ3n) is 3.69. The molecule has 2 atom stereocenters. The first-order valence-corrected chi connectivity index (χ1v) is 8.45. The molecule has 1 fully saturated rings. The third-order valence-corrected chi connectivity index (χ3v) is 3.97. The Hall–Kier alpha value is -1.72. The van der Waals surface area contributed by atoms with E-state index >= 15 is 0 Å². The number of halogens is 1. The molecule has 1 heterocycles. The number of methoxy groups -OCH3 is 1. The van der Waals surface area contributed by atoms with Crippen molar-refractivity contribution in [2.75, 3.05) is 26.8 Å². The molecule has 2 unspecified atom stereocenters. The largest absolute Gasteiger partial charge is 0.493 e. The van der Waals surface area contributed by atoms with Crippen LogP contribution < -0.4 is 9.47 Å². The highest BCUT2D eigenvalue weighted by Crippen LogP contribution is 2.36. The van der Waals surface area contributed by atoms with Crippen molar-refractivity contribution in [2.45, 2.75) is 33.0 Å². The summed E-state index contributed by atoms with van der Waals surface area (Å²) < 4.78 is 16.4. The highest BCUT2D eigenvalue weighted by molar-refractivity contribution is 6.32. The van der Waals surface area contributed by atoms with Crippen LogP contribution in [0.25, 0.3) is 6.08 Å². The van der Waals surface area contributed by atoms with Crippen molar-refractivity contribution in [3.63, 3.8) is 0 Å². The van der Waals surface area contributed by atoms with E-state index in [-0.39, 0.29) is 18.1 Å². The van der Waals surface area contributed by atoms with Gasteiger partial charge in [-0.3, -0.25) is 4.79 Å². The molecule has 6 heteroatoms. The Morgan fingerprint density at radius 1 is 1.38 bits per heavy atom. The van der Waals surface area contributed by atoms with Crippen molar-refractivity contribution in [2.24, 2.45) is 0 Å². The monoisotopic (exact) mass is 353 g/mol. The second-order valence-electron chi connectivity index (χ2n) is 5.80. The smallest absolute Gasteiger partial charge is 0.246 e. The average Bonchev–Trinajstić information content (AvgIpc) is 2.53. The second kappa shape index (κ2) is 8.40. The molecule has 1 aromatic carbocycles. The van der Waals surface area contributed by atoms with Crippen molar-refractivity contribution in [1.29, 1.82) is 0 Å². The van der Waals surface area contributed by atoms with Gasteiger partial charge >= 0.3 is 0 Å². The normalized spacial score (nSPS) is 21.1. The third kappa shape index (κ3) is 4.65. The Morgan fingerprint density at radius 2 is 2.04 bits per heavy atom. The Morgan fingerprint density at radius 3 is 2.62 bits per heavy atom. The molecule has 1 aromatic rings. The average molecular weight is 354 g/mol. The van der Waals surface area contributed by atoms with Crippen LogP contribution >= 0.6 is 11.6 Å². The lowest BCUT2D eigenvalue weighted by Gasteiger charge is -2.34. The molecule has 2 rings (SSSR count). The number of hydrogen-bond donors (Lipinski definition) is 0. The van der Waals surface area contributed by atoms with Gasteiger partial charge in [-0.15, -0.1) is 0 Å². The number of amides is 1. The fourth-order valence-corrected chi connectivity index (χ4v) is 3.02. The highest BCUT2D eigenvalue weighted by atomic mass is 35.5. The van der Waals surface area contributed by atoms with Crippen molar-refractivity contribution < 1.29 is 19.0 Å². The summed E-state index contributed by atoms with van der Waals surface area (Å²) >= 11 is 6.24. The fourth-order valence-electron chi connectivity index (χ4n) is 2.75. The minimum absolute atomic E-state index is 0.0408. The number of morpholine rings is 1. The first-order chi connectivity index (χ1) is 11.4. The number of hydrogen-bond acceptors (Lipinski definition) is 4. The maximum Gasteiger partial charge on any atom is 0.246 e. The van der Waals surface area contributed by atoms with Gasteiger partial charge in [0.05, 0.1) is 30.9 Å². The molecule has 1 saturated heterocycles. The molecular weight excluding hydrogens is 330 g/mol. The quantitative estimate of drug-likeness (QED) is 0.761. The van der Waals surface area contributed by atoms with E-state index in [1.54, 1.807) is 36.3 Å². The Kier molecular flexibility index (Phi) is 6.52. The Balaban J connectivity index is 2.13. The first-order valence-electron chi connectivity index (χ1n) is 8.07. The minimum Gasteiger partial charge on any atom is -0.493 e. The summed E-state index contributed by atoms with van der Waals surface area (Å²) in [6.07, 6.45) is 3.38. The number of carbonyl (C=O) groups is 1. The number of carbonyl (C=O) groups excluding carboxylic acids is 1. The number of nitrogens with zero attached hydrogens (tertiary/aromatic N) is 1. The van der Waals surface area contributed by atoms with Crippen LogP contribution in [0.5, 0.6) is 11.5 Å². The lowest BCUT2D eigenvalue weighted by atomic mass is 10.1. The Bertz CT molecular complexity index is 607. The SMILES string of the molecule is CCOc1c(Cl)cc(C=CC(=O)N2CC(C)OC(C)C2)cc1OC. The maximum absolute atomic E-state index is 12.4. The number of rotatable bonds is 5. The molecule has 0 aromatic heterocycles. The van der Waals surface area contributed by atoms with E-state index in [4.69, 9.17) is 25.8 Å². The van der Waals surface area contributed by atoms with E-state index < -0.39 is 0 Å². The molecule has 1 aliphatic rings. The summed E-state index contributed by atoms with van der Waals surface area (Å²) in [5, 5.41) is 0.455. The van der Waals surface area contributed by atoms with Crippen molar-refractivity contribution in [3.05, 3.63) is 28.8 Å². The summed E-state index contributed by atoms with van der Waals surface area (Å²) in [7, 11) is 1.56. The molecular formula is C18H24ClNO4. The van der Waals surface area contributed by atoms with Gasteiger partial charge in [0.25, 0.3) is 0 Å². The van der Waals surface area contributed by atoms with Crippen LogP contribution in [-0.4, -0.2) is 49.8 Å². The van der Waals surface area contributed by atoms with Crippen LogP contribution in [0, 0.1) is 0 Å². The summed E-state index contributed by atoms with van der Waals surface area (Å²) in [5.41, 5.74) is 0.781.